The number of nitrogens with two attached hydrogens (primary N) is 1. The summed E-state index contributed by atoms with van der Waals surface area (Å²) in [4.78, 5) is 11.4. The molecule has 0 fully saturated rings. The first-order valence-electron chi connectivity index (χ1n) is 7.88. The molecule has 0 unspecified atom stereocenters. The van der Waals surface area contributed by atoms with Gasteiger partial charge in [-0.15, -0.1) is 13.2 Å². The number of nitrogens with zero attached hydrogens (tertiary/aromatic N) is 2. The third-order valence-corrected chi connectivity index (χ3v) is 3.90. The van der Waals surface area contributed by atoms with Crippen molar-refractivity contribution >= 4 is 34.4 Å². The Bertz CT molecular complexity index is 1020. The minimum atomic E-state index is -4.74. The van der Waals surface area contributed by atoms with Crippen LogP contribution < -0.4 is 21.1 Å². The lowest BCUT2D eigenvalue weighted by Gasteiger charge is -2.12. The number of hydrogen-bond acceptors (Lipinski definition) is 4. The van der Waals surface area contributed by atoms with E-state index in [4.69, 9.17) is 18.0 Å². The molecular formula is C17H14F3N5O2S. The summed E-state index contributed by atoms with van der Waals surface area (Å²) in [6.07, 6.45) is -1.65. The highest BCUT2D eigenvalue weighted by Gasteiger charge is 2.30. The third-order valence-electron chi connectivity index (χ3n) is 3.65. The van der Waals surface area contributed by atoms with Crippen molar-refractivity contribution in [1.29, 1.82) is 0 Å². The predicted molar refractivity (Wildman–Crippen MR) is 99.9 cm³/mol. The highest BCUT2D eigenvalue weighted by Crippen LogP contribution is 2.23. The lowest BCUT2D eigenvalue weighted by atomic mass is 10.2. The van der Waals surface area contributed by atoms with E-state index in [9.17, 15) is 18.0 Å². The van der Waals surface area contributed by atoms with E-state index in [0.29, 0.717) is 23.3 Å². The fourth-order valence-corrected chi connectivity index (χ4v) is 2.61. The Balaban J connectivity index is 1.59. The van der Waals surface area contributed by atoms with Gasteiger partial charge in [-0.2, -0.15) is 5.10 Å². The molecule has 0 saturated carbocycles. The Labute approximate surface area is 162 Å². The number of rotatable bonds is 5. The van der Waals surface area contributed by atoms with Crippen molar-refractivity contribution in [3.63, 3.8) is 0 Å². The minimum Gasteiger partial charge on any atom is -0.406 e. The number of carbonyl (C=O) groups excluding carboxylic acids is 1. The van der Waals surface area contributed by atoms with Crippen LogP contribution in [-0.4, -0.2) is 27.0 Å². The lowest BCUT2D eigenvalue weighted by Crippen LogP contribution is -2.27. The lowest BCUT2D eigenvalue weighted by molar-refractivity contribution is -0.274. The summed E-state index contributed by atoms with van der Waals surface area (Å²) in [5.41, 5.74) is 7.52. The molecule has 0 spiro atoms. The zero-order valence-electron chi connectivity index (χ0n) is 14.2. The maximum absolute atomic E-state index is 12.2. The van der Waals surface area contributed by atoms with E-state index in [2.05, 4.69) is 20.5 Å². The summed E-state index contributed by atoms with van der Waals surface area (Å²) in [6.45, 7) is 0.348. The highest BCUT2D eigenvalue weighted by molar-refractivity contribution is 7.80. The second-order valence-corrected chi connectivity index (χ2v) is 6.08. The number of benzene rings is 1. The van der Waals surface area contributed by atoms with E-state index in [1.54, 1.807) is 18.3 Å². The standard InChI is InChI=1S/C17H14F3N5O2S/c18-17(19,20)27-12-3-1-11(2-4-12)24-16(28)22-8-10-5-6-25-14(7-10)13(9-23-25)15(21)26/h1-7,9H,8H2,(H2,21,26)(H2,22,24,28). The Morgan fingerprint density at radius 2 is 1.96 bits per heavy atom. The zero-order chi connectivity index (χ0) is 20.3. The summed E-state index contributed by atoms with van der Waals surface area (Å²) in [6, 6.07) is 8.73. The van der Waals surface area contributed by atoms with Crippen molar-refractivity contribution in [2.75, 3.05) is 5.32 Å². The van der Waals surface area contributed by atoms with Crippen LogP contribution in [0.15, 0.2) is 48.8 Å². The van der Waals surface area contributed by atoms with Crippen LogP contribution in [0, 0.1) is 0 Å². The van der Waals surface area contributed by atoms with Crippen LogP contribution in [0.5, 0.6) is 5.75 Å². The number of nitrogens with one attached hydrogen (secondary N) is 2. The van der Waals surface area contributed by atoms with Crippen molar-refractivity contribution in [3.05, 3.63) is 59.9 Å². The summed E-state index contributed by atoms with van der Waals surface area (Å²) in [5.74, 6) is -0.897. The number of thiocarbonyl (C=S) groups is 1. The topological polar surface area (TPSA) is 93.7 Å². The second-order valence-electron chi connectivity index (χ2n) is 5.67. The fraction of sp³-hybridized carbons (Fsp3) is 0.118. The Morgan fingerprint density at radius 3 is 2.61 bits per heavy atom. The molecule has 2 aromatic heterocycles. The maximum atomic E-state index is 12.2. The average Bonchev–Trinajstić information content (AvgIpc) is 3.04. The number of carbonyl (C=O) groups is 1. The largest absolute Gasteiger partial charge is 0.573 e. The Morgan fingerprint density at radius 1 is 1.25 bits per heavy atom. The fourth-order valence-electron chi connectivity index (χ4n) is 2.42. The number of anilines is 1. The molecule has 1 aromatic carbocycles. The number of aromatic nitrogens is 2. The van der Waals surface area contributed by atoms with Crippen molar-refractivity contribution < 1.29 is 22.7 Å². The SMILES string of the molecule is NC(=O)c1cnn2ccc(CNC(=S)Nc3ccc(OC(F)(F)F)cc3)cc12. The number of halogens is 3. The first kappa shape index (κ1) is 19.4. The van der Waals surface area contributed by atoms with Gasteiger partial charge in [-0.1, -0.05) is 0 Å². The van der Waals surface area contributed by atoms with Gasteiger partial charge in [0.1, 0.15) is 5.75 Å². The molecule has 7 nitrogen and oxygen atoms in total. The van der Waals surface area contributed by atoms with E-state index >= 15 is 0 Å². The highest BCUT2D eigenvalue weighted by atomic mass is 32.1. The molecule has 2 heterocycles. The molecule has 0 bridgehead atoms. The molecule has 0 atom stereocenters. The van der Waals surface area contributed by atoms with E-state index in [0.717, 1.165) is 5.56 Å². The first-order valence-corrected chi connectivity index (χ1v) is 8.29. The van der Waals surface area contributed by atoms with Gasteiger partial charge in [0.05, 0.1) is 17.3 Å². The third kappa shape index (κ3) is 4.88. The van der Waals surface area contributed by atoms with Crippen molar-refractivity contribution in [1.82, 2.24) is 14.9 Å². The zero-order valence-corrected chi connectivity index (χ0v) is 15.0. The van der Waals surface area contributed by atoms with Crippen LogP contribution in [0.3, 0.4) is 0 Å². The van der Waals surface area contributed by atoms with Crippen LogP contribution in [0.1, 0.15) is 15.9 Å². The molecule has 1 amide bonds. The van der Waals surface area contributed by atoms with E-state index < -0.39 is 12.3 Å². The molecule has 0 radical (unpaired) electrons. The summed E-state index contributed by atoms with van der Waals surface area (Å²) in [7, 11) is 0. The predicted octanol–water partition coefficient (Wildman–Crippen LogP) is 2.82. The van der Waals surface area contributed by atoms with Crippen LogP contribution >= 0.6 is 12.2 Å². The van der Waals surface area contributed by atoms with Crippen molar-refractivity contribution in [3.8, 4) is 5.75 Å². The van der Waals surface area contributed by atoms with Gasteiger partial charge in [0.2, 0.25) is 0 Å². The molecule has 146 valence electrons. The van der Waals surface area contributed by atoms with Gasteiger partial charge in [-0.3, -0.25) is 4.79 Å². The van der Waals surface area contributed by atoms with Gasteiger partial charge in [-0.25, -0.2) is 4.52 Å². The molecule has 0 aliphatic carbocycles. The quantitative estimate of drug-likeness (QED) is 0.561. The molecule has 0 aliphatic heterocycles. The van der Waals surface area contributed by atoms with Crippen LogP contribution in [-0.2, 0) is 6.54 Å². The number of alkyl halides is 3. The van der Waals surface area contributed by atoms with Gasteiger partial charge in [-0.05, 0) is 54.2 Å². The number of ether oxygens (including phenoxy) is 1. The molecule has 0 saturated heterocycles. The number of fused-ring (bicyclic) bond motifs is 1. The summed E-state index contributed by atoms with van der Waals surface area (Å²) in [5, 5.41) is 10.1. The van der Waals surface area contributed by atoms with E-state index in [-0.39, 0.29) is 10.9 Å². The second kappa shape index (κ2) is 7.72. The number of amides is 1. The molecule has 3 aromatic rings. The van der Waals surface area contributed by atoms with Gasteiger partial charge in [0, 0.05) is 18.4 Å². The number of hydrogen-bond donors (Lipinski definition) is 3. The summed E-state index contributed by atoms with van der Waals surface area (Å²) < 4.78 is 41.8. The van der Waals surface area contributed by atoms with Crippen molar-refractivity contribution in [2.24, 2.45) is 5.73 Å². The molecule has 28 heavy (non-hydrogen) atoms. The maximum Gasteiger partial charge on any atom is 0.573 e. The van der Waals surface area contributed by atoms with Crippen LogP contribution in [0.25, 0.3) is 5.52 Å². The van der Waals surface area contributed by atoms with E-state index in [1.807, 2.05) is 0 Å². The number of pyridine rings is 1. The molecular weight excluding hydrogens is 395 g/mol. The van der Waals surface area contributed by atoms with Gasteiger partial charge < -0.3 is 21.1 Å². The Hall–Kier alpha value is -3.34. The minimum absolute atomic E-state index is 0.271. The normalized spacial score (nSPS) is 11.2. The molecule has 11 heteroatoms. The van der Waals surface area contributed by atoms with Gasteiger partial charge >= 0.3 is 6.36 Å². The number of primary amides is 1. The van der Waals surface area contributed by atoms with E-state index in [1.165, 1.54) is 35.0 Å². The van der Waals surface area contributed by atoms with Crippen LogP contribution in [0.4, 0.5) is 18.9 Å². The smallest absolute Gasteiger partial charge is 0.406 e. The van der Waals surface area contributed by atoms with Crippen LogP contribution in [0.2, 0.25) is 0 Å². The molecule has 0 aliphatic rings. The summed E-state index contributed by atoms with van der Waals surface area (Å²) >= 11 is 5.18. The molecule has 4 N–H and O–H groups in total. The Kier molecular flexibility index (Phi) is 5.36. The average molecular weight is 409 g/mol. The monoisotopic (exact) mass is 409 g/mol. The molecule has 3 rings (SSSR count). The van der Waals surface area contributed by atoms with Gasteiger partial charge in [0.25, 0.3) is 5.91 Å². The first-order chi connectivity index (χ1) is 13.2. The van der Waals surface area contributed by atoms with Crippen molar-refractivity contribution in [2.45, 2.75) is 12.9 Å². The van der Waals surface area contributed by atoms with Gasteiger partial charge in [0.15, 0.2) is 5.11 Å².